The number of aromatic nitrogens is 1. The van der Waals surface area contributed by atoms with E-state index in [0.717, 1.165) is 44.3 Å². The number of nitrogens with zero attached hydrogens (tertiary/aromatic N) is 3. The predicted molar refractivity (Wildman–Crippen MR) is 117 cm³/mol. The fourth-order valence-electron chi connectivity index (χ4n) is 3.94. The molecule has 1 aromatic heterocycles. The Kier molecular flexibility index (Phi) is 6.68. The topological polar surface area (TPSA) is 88.8 Å². The molecule has 2 saturated heterocycles. The molecular formula is C24H27N3O5. The lowest BCUT2D eigenvalue weighted by atomic mass is 9.90. The maximum absolute atomic E-state index is 12.5. The molecule has 0 saturated carbocycles. The Balaban J connectivity index is 1.24. The first kappa shape index (κ1) is 21.8. The lowest BCUT2D eigenvalue weighted by Crippen LogP contribution is -2.40. The van der Waals surface area contributed by atoms with E-state index in [9.17, 15) is 14.4 Å². The van der Waals surface area contributed by atoms with Crippen molar-refractivity contribution >= 4 is 18.0 Å². The Morgan fingerprint density at radius 3 is 2.50 bits per heavy atom. The van der Waals surface area contributed by atoms with E-state index in [1.165, 1.54) is 31.1 Å². The van der Waals surface area contributed by atoms with Crippen molar-refractivity contribution in [2.75, 3.05) is 33.3 Å². The molecule has 2 aliphatic rings. The highest BCUT2D eigenvalue weighted by Gasteiger charge is 2.26. The minimum absolute atomic E-state index is 0.117. The first-order valence-electron chi connectivity index (χ1n) is 10.9. The number of hydrogen-bond acceptors (Lipinski definition) is 6. The molecule has 0 aliphatic carbocycles. The number of likely N-dealkylation sites (tertiary alicyclic amines) is 1. The van der Waals surface area contributed by atoms with Crippen LogP contribution in [0.4, 0.5) is 4.79 Å². The molecule has 3 heterocycles. The molecule has 0 spiro atoms. The molecule has 0 radical (unpaired) electrons. The van der Waals surface area contributed by atoms with Crippen molar-refractivity contribution in [1.82, 2.24) is 14.8 Å². The number of hydrogen-bond donors (Lipinski definition) is 0. The molecule has 4 rings (SSSR count). The second-order valence-electron chi connectivity index (χ2n) is 8.23. The van der Waals surface area contributed by atoms with Crippen LogP contribution in [-0.4, -0.2) is 66.0 Å². The SMILES string of the molecule is COC(=O)c1cncc(OC(=O)N2CCC(CCc3cccc(C(=O)N4CC4)c3)CC2)c1. The summed E-state index contributed by atoms with van der Waals surface area (Å²) in [5.41, 5.74) is 2.18. The number of esters is 1. The Morgan fingerprint density at radius 1 is 1.00 bits per heavy atom. The lowest BCUT2D eigenvalue weighted by Gasteiger charge is -2.31. The molecule has 0 unspecified atom stereocenters. The summed E-state index contributed by atoms with van der Waals surface area (Å²) in [7, 11) is 1.29. The Morgan fingerprint density at radius 2 is 1.78 bits per heavy atom. The van der Waals surface area contributed by atoms with Gasteiger partial charge in [0.2, 0.25) is 0 Å². The van der Waals surface area contributed by atoms with Gasteiger partial charge in [-0.25, -0.2) is 9.59 Å². The predicted octanol–water partition coefficient (Wildman–Crippen LogP) is 3.17. The molecule has 32 heavy (non-hydrogen) atoms. The quantitative estimate of drug-likeness (QED) is 0.510. The molecule has 0 atom stereocenters. The molecule has 1 aromatic carbocycles. The van der Waals surface area contributed by atoms with Crippen LogP contribution in [0.2, 0.25) is 0 Å². The number of piperidine rings is 1. The molecule has 0 N–H and O–H groups in total. The molecule has 8 heteroatoms. The number of pyridine rings is 1. The fraction of sp³-hybridized carbons (Fsp3) is 0.417. The third-order valence-corrected chi connectivity index (χ3v) is 5.96. The van der Waals surface area contributed by atoms with Gasteiger partial charge in [0.15, 0.2) is 5.75 Å². The van der Waals surface area contributed by atoms with Gasteiger partial charge in [-0.2, -0.15) is 0 Å². The van der Waals surface area contributed by atoms with Gasteiger partial charge in [0.05, 0.1) is 18.9 Å². The number of rotatable bonds is 6. The van der Waals surface area contributed by atoms with E-state index in [4.69, 9.17) is 4.74 Å². The smallest absolute Gasteiger partial charge is 0.415 e. The van der Waals surface area contributed by atoms with Crippen molar-refractivity contribution in [2.45, 2.75) is 25.7 Å². The van der Waals surface area contributed by atoms with Gasteiger partial charge < -0.3 is 19.3 Å². The highest BCUT2D eigenvalue weighted by atomic mass is 16.6. The maximum Gasteiger partial charge on any atom is 0.415 e. The van der Waals surface area contributed by atoms with Gasteiger partial charge in [-0.15, -0.1) is 0 Å². The molecule has 0 bridgehead atoms. The summed E-state index contributed by atoms with van der Waals surface area (Å²) in [6.07, 6.45) is 6.08. The highest BCUT2D eigenvalue weighted by molar-refractivity contribution is 5.95. The first-order chi connectivity index (χ1) is 15.5. The van der Waals surface area contributed by atoms with Crippen molar-refractivity contribution in [3.05, 3.63) is 59.4 Å². The van der Waals surface area contributed by atoms with Gasteiger partial charge >= 0.3 is 12.1 Å². The van der Waals surface area contributed by atoms with Crippen molar-refractivity contribution in [2.24, 2.45) is 5.92 Å². The molecule has 8 nitrogen and oxygen atoms in total. The molecule has 2 aliphatic heterocycles. The third kappa shape index (κ3) is 5.43. The molecule has 2 amide bonds. The summed E-state index contributed by atoms with van der Waals surface area (Å²) >= 11 is 0. The number of benzene rings is 1. The van der Waals surface area contributed by atoms with Crippen LogP contribution in [0.1, 0.15) is 45.5 Å². The average Bonchev–Trinajstić information content (AvgIpc) is 3.68. The van der Waals surface area contributed by atoms with Gasteiger partial charge in [0.25, 0.3) is 5.91 Å². The van der Waals surface area contributed by atoms with Crippen LogP contribution >= 0.6 is 0 Å². The minimum Gasteiger partial charge on any atom is -0.465 e. The lowest BCUT2D eigenvalue weighted by molar-refractivity contribution is 0.0599. The van der Waals surface area contributed by atoms with Crippen LogP contribution in [0.3, 0.4) is 0 Å². The van der Waals surface area contributed by atoms with E-state index in [0.29, 0.717) is 19.0 Å². The van der Waals surface area contributed by atoms with Crippen LogP contribution in [0.25, 0.3) is 0 Å². The fourth-order valence-corrected chi connectivity index (χ4v) is 3.94. The maximum atomic E-state index is 12.5. The summed E-state index contributed by atoms with van der Waals surface area (Å²) in [4.78, 5) is 43.7. The number of carbonyl (C=O) groups is 3. The van der Waals surface area contributed by atoms with E-state index in [1.807, 2.05) is 23.1 Å². The van der Waals surface area contributed by atoms with Gasteiger partial charge in [-0.3, -0.25) is 9.78 Å². The summed E-state index contributed by atoms with van der Waals surface area (Å²) in [6.45, 7) is 2.97. The number of methoxy groups -OCH3 is 1. The van der Waals surface area contributed by atoms with Crippen molar-refractivity contribution in [1.29, 1.82) is 0 Å². The molecular weight excluding hydrogens is 410 g/mol. The van der Waals surface area contributed by atoms with Crippen molar-refractivity contribution in [3.63, 3.8) is 0 Å². The Labute approximate surface area is 187 Å². The van der Waals surface area contributed by atoms with Crippen LogP contribution < -0.4 is 4.74 Å². The molecule has 2 aromatic rings. The van der Waals surface area contributed by atoms with E-state index < -0.39 is 12.1 Å². The molecule has 2 fully saturated rings. The number of carbonyl (C=O) groups excluding carboxylic acids is 3. The summed E-state index contributed by atoms with van der Waals surface area (Å²) < 4.78 is 10.1. The van der Waals surface area contributed by atoms with Crippen molar-refractivity contribution < 1.29 is 23.9 Å². The average molecular weight is 437 g/mol. The number of amides is 2. The Hall–Kier alpha value is -3.42. The van der Waals surface area contributed by atoms with Gasteiger partial charge in [0.1, 0.15) is 0 Å². The standard InChI is InChI=1S/C24H27N3O5/c1-31-23(29)20-14-21(16-25-15-20)32-24(30)27-9-7-17(8-10-27)5-6-18-3-2-4-19(13-18)22(28)26-11-12-26/h2-4,13-17H,5-12H2,1H3. The van der Waals surface area contributed by atoms with Crippen LogP contribution in [0.5, 0.6) is 5.75 Å². The number of ether oxygens (including phenoxy) is 2. The highest BCUT2D eigenvalue weighted by Crippen LogP contribution is 2.24. The van der Waals surface area contributed by atoms with E-state index in [-0.39, 0.29) is 17.2 Å². The van der Waals surface area contributed by atoms with Crippen molar-refractivity contribution in [3.8, 4) is 5.75 Å². The van der Waals surface area contributed by atoms with E-state index >= 15 is 0 Å². The first-order valence-corrected chi connectivity index (χ1v) is 10.9. The zero-order valence-electron chi connectivity index (χ0n) is 18.2. The molecule has 168 valence electrons. The van der Waals surface area contributed by atoms with Crippen LogP contribution in [0, 0.1) is 5.92 Å². The van der Waals surface area contributed by atoms with Crippen LogP contribution in [-0.2, 0) is 11.2 Å². The van der Waals surface area contributed by atoms with E-state index in [1.54, 1.807) is 4.90 Å². The van der Waals surface area contributed by atoms with E-state index in [2.05, 4.69) is 15.8 Å². The third-order valence-electron chi connectivity index (χ3n) is 5.96. The number of aryl methyl sites for hydroxylation is 1. The minimum atomic E-state index is -0.531. The normalized spacial score (nSPS) is 15.9. The van der Waals surface area contributed by atoms with Gasteiger partial charge in [-0.05, 0) is 55.4 Å². The zero-order chi connectivity index (χ0) is 22.5. The second-order valence-corrected chi connectivity index (χ2v) is 8.23. The van der Waals surface area contributed by atoms with Crippen LogP contribution in [0.15, 0.2) is 42.7 Å². The summed E-state index contributed by atoms with van der Waals surface area (Å²) in [5.74, 6) is 0.328. The largest absolute Gasteiger partial charge is 0.465 e. The summed E-state index contributed by atoms with van der Waals surface area (Å²) in [5, 5.41) is 0. The second kappa shape index (κ2) is 9.80. The van der Waals surface area contributed by atoms with Gasteiger partial charge in [-0.1, -0.05) is 12.1 Å². The Bertz CT molecular complexity index is 997. The monoisotopic (exact) mass is 437 g/mol. The zero-order valence-corrected chi connectivity index (χ0v) is 18.2. The van der Waals surface area contributed by atoms with Gasteiger partial charge in [0, 0.05) is 37.9 Å². The summed E-state index contributed by atoms with van der Waals surface area (Å²) in [6, 6.07) is 9.35.